The number of amides is 1. The normalized spacial score (nSPS) is 13.0. The molecular formula is C14H19N3O7. The minimum atomic E-state index is -1.25. The molecule has 0 spiro atoms. The van der Waals surface area contributed by atoms with Gasteiger partial charge >= 0.3 is 5.97 Å². The largest absolute Gasteiger partial charge is 0.495 e. The van der Waals surface area contributed by atoms with Crippen LogP contribution in [0.5, 0.6) is 5.75 Å². The maximum atomic E-state index is 12.0. The number of ether oxygens (including phenoxy) is 1. The summed E-state index contributed by atoms with van der Waals surface area (Å²) in [5, 5.41) is 34.0. The molecule has 0 aromatic heterocycles. The standard InChI is InChI=1S/C14H19N3O7/c1-8(18)7-15-11(14(20)21)6-13(19)16-10-5-9(17(22)23)3-4-12(10)24-2/h3-5,8,11,15,18H,6-7H2,1-2H3,(H,16,19)(H,20,21). The van der Waals surface area contributed by atoms with Crippen LogP contribution in [0.3, 0.4) is 0 Å². The van der Waals surface area contributed by atoms with E-state index in [1.807, 2.05) is 0 Å². The summed E-state index contributed by atoms with van der Waals surface area (Å²) in [6.07, 6.45) is -1.19. The Morgan fingerprint density at radius 1 is 1.42 bits per heavy atom. The van der Waals surface area contributed by atoms with Crippen molar-refractivity contribution in [3.63, 3.8) is 0 Å². The van der Waals surface area contributed by atoms with Gasteiger partial charge in [0.05, 0.1) is 30.2 Å². The molecule has 1 amide bonds. The van der Waals surface area contributed by atoms with Crippen LogP contribution in [-0.4, -0.2) is 52.8 Å². The number of anilines is 1. The van der Waals surface area contributed by atoms with Crippen LogP contribution in [0.25, 0.3) is 0 Å². The average Bonchev–Trinajstić information content (AvgIpc) is 2.50. The van der Waals surface area contributed by atoms with Crippen molar-refractivity contribution < 1.29 is 29.5 Å². The van der Waals surface area contributed by atoms with Crippen LogP contribution in [0.4, 0.5) is 11.4 Å². The van der Waals surface area contributed by atoms with Gasteiger partial charge in [0.25, 0.3) is 5.69 Å². The first kappa shape index (κ1) is 19.3. The molecule has 2 unspecified atom stereocenters. The molecule has 4 N–H and O–H groups in total. The van der Waals surface area contributed by atoms with Gasteiger partial charge in [-0.3, -0.25) is 19.7 Å². The predicted molar refractivity (Wildman–Crippen MR) is 84.0 cm³/mol. The number of nitrogens with one attached hydrogen (secondary N) is 2. The number of hydrogen-bond acceptors (Lipinski definition) is 7. The Hall–Kier alpha value is -2.72. The van der Waals surface area contributed by atoms with Gasteiger partial charge in [-0.15, -0.1) is 0 Å². The summed E-state index contributed by atoms with van der Waals surface area (Å²) in [4.78, 5) is 33.3. The van der Waals surface area contributed by atoms with E-state index in [0.29, 0.717) is 0 Å². The number of carboxylic acids is 1. The number of carboxylic acid groups (broad SMARTS) is 1. The highest BCUT2D eigenvalue weighted by Gasteiger charge is 2.22. The zero-order chi connectivity index (χ0) is 18.3. The SMILES string of the molecule is COc1ccc([N+](=O)[O-])cc1NC(=O)CC(NCC(C)O)C(=O)O. The Morgan fingerprint density at radius 3 is 2.58 bits per heavy atom. The third-order valence-electron chi connectivity index (χ3n) is 3.02. The lowest BCUT2D eigenvalue weighted by Crippen LogP contribution is -2.42. The number of benzene rings is 1. The summed E-state index contributed by atoms with van der Waals surface area (Å²) in [6.45, 7) is 1.48. The van der Waals surface area contributed by atoms with E-state index in [1.165, 1.54) is 26.2 Å². The number of hydrogen-bond donors (Lipinski definition) is 4. The fourth-order valence-corrected chi connectivity index (χ4v) is 1.85. The van der Waals surface area contributed by atoms with Gasteiger partial charge in [-0.25, -0.2) is 0 Å². The highest BCUT2D eigenvalue weighted by molar-refractivity contribution is 5.95. The molecule has 0 bridgehead atoms. The van der Waals surface area contributed by atoms with Gasteiger partial charge in [0, 0.05) is 18.7 Å². The Labute approximate surface area is 137 Å². The molecule has 0 heterocycles. The van der Waals surface area contributed by atoms with E-state index < -0.39 is 35.4 Å². The van der Waals surface area contributed by atoms with E-state index >= 15 is 0 Å². The van der Waals surface area contributed by atoms with Crippen molar-refractivity contribution in [2.75, 3.05) is 19.0 Å². The maximum Gasteiger partial charge on any atom is 0.321 e. The lowest BCUT2D eigenvalue weighted by atomic mass is 10.1. The quantitative estimate of drug-likeness (QED) is 0.371. The molecule has 1 aromatic carbocycles. The second-order valence-corrected chi connectivity index (χ2v) is 5.04. The van der Waals surface area contributed by atoms with Crippen molar-refractivity contribution in [1.29, 1.82) is 0 Å². The number of aliphatic hydroxyl groups excluding tert-OH is 1. The smallest absolute Gasteiger partial charge is 0.321 e. The van der Waals surface area contributed by atoms with Crippen molar-refractivity contribution in [3.8, 4) is 5.75 Å². The zero-order valence-electron chi connectivity index (χ0n) is 13.2. The van der Waals surface area contributed by atoms with Crippen molar-refractivity contribution in [1.82, 2.24) is 5.32 Å². The van der Waals surface area contributed by atoms with Crippen LogP contribution in [-0.2, 0) is 9.59 Å². The molecule has 10 heteroatoms. The van der Waals surface area contributed by atoms with Crippen molar-refractivity contribution in [2.24, 2.45) is 0 Å². The Morgan fingerprint density at radius 2 is 2.08 bits per heavy atom. The predicted octanol–water partition coefficient (Wildman–Crippen LogP) is 0.356. The van der Waals surface area contributed by atoms with Crippen LogP contribution in [0.15, 0.2) is 18.2 Å². The van der Waals surface area contributed by atoms with E-state index in [2.05, 4.69) is 10.6 Å². The van der Waals surface area contributed by atoms with Crippen LogP contribution in [0, 0.1) is 10.1 Å². The fraction of sp³-hybridized carbons (Fsp3) is 0.429. The molecular weight excluding hydrogens is 322 g/mol. The fourth-order valence-electron chi connectivity index (χ4n) is 1.85. The number of aliphatic hydroxyl groups is 1. The Bertz CT molecular complexity index is 618. The van der Waals surface area contributed by atoms with Crippen LogP contribution in [0.1, 0.15) is 13.3 Å². The summed E-state index contributed by atoms with van der Waals surface area (Å²) in [5.74, 6) is -1.71. The second-order valence-electron chi connectivity index (χ2n) is 5.04. The first-order valence-corrected chi connectivity index (χ1v) is 7.01. The number of nitrogens with zero attached hydrogens (tertiary/aromatic N) is 1. The third kappa shape index (κ3) is 5.82. The number of nitro benzene ring substituents is 1. The minimum Gasteiger partial charge on any atom is -0.495 e. The van der Waals surface area contributed by atoms with Crippen LogP contribution >= 0.6 is 0 Å². The monoisotopic (exact) mass is 341 g/mol. The molecule has 24 heavy (non-hydrogen) atoms. The summed E-state index contributed by atoms with van der Waals surface area (Å²) >= 11 is 0. The summed E-state index contributed by atoms with van der Waals surface area (Å²) in [7, 11) is 1.33. The van der Waals surface area contributed by atoms with E-state index in [1.54, 1.807) is 0 Å². The molecule has 0 aliphatic rings. The summed E-state index contributed by atoms with van der Waals surface area (Å²) in [5.41, 5.74) is -0.176. The Balaban J connectivity index is 2.83. The van der Waals surface area contributed by atoms with Crippen molar-refractivity contribution in [3.05, 3.63) is 28.3 Å². The number of carbonyl (C=O) groups is 2. The number of nitro groups is 1. The first-order chi connectivity index (χ1) is 11.2. The second kappa shape index (κ2) is 8.79. The number of non-ortho nitro benzene ring substituents is 1. The molecule has 1 rings (SSSR count). The van der Waals surface area contributed by atoms with Crippen LogP contribution < -0.4 is 15.4 Å². The summed E-state index contributed by atoms with van der Waals surface area (Å²) < 4.78 is 5.01. The molecule has 132 valence electrons. The van der Waals surface area contributed by atoms with Gasteiger partial charge in [-0.2, -0.15) is 0 Å². The minimum absolute atomic E-state index is 0.00434. The van der Waals surface area contributed by atoms with E-state index in [-0.39, 0.29) is 23.7 Å². The topological polar surface area (TPSA) is 151 Å². The molecule has 0 saturated carbocycles. The van der Waals surface area contributed by atoms with Gasteiger partial charge in [0.2, 0.25) is 5.91 Å². The molecule has 0 radical (unpaired) electrons. The van der Waals surface area contributed by atoms with Gasteiger partial charge in [0.15, 0.2) is 0 Å². The lowest BCUT2D eigenvalue weighted by Gasteiger charge is -2.16. The maximum absolute atomic E-state index is 12.0. The van der Waals surface area contributed by atoms with Crippen molar-refractivity contribution in [2.45, 2.75) is 25.5 Å². The molecule has 0 saturated heterocycles. The zero-order valence-corrected chi connectivity index (χ0v) is 13.2. The van der Waals surface area contributed by atoms with Crippen LogP contribution in [0.2, 0.25) is 0 Å². The highest BCUT2D eigenvalue weighted by Crippen LogP contribution is 2.28. The lowest BCUT2D eigenvalue weighted by molar-refractivity contribution is -0.384. The summed E-state index contributed by atoms with van der Waals surface area (Å²) in [6, 6.07) is 2.46. The third-order valence-corrected chi connectivity index (χ3v) is 3.02. The molecule has 0 fully saturated rings. The van der Waals surface area contributed by atoms with E-state index in [0.717, 1.165) is 6.07 Å². The highest BCUT2D eigenvalue weighted by atomic mass is 16.6. The molecule has 2 atom stereocenters. The van der Waals surface area contributed by atoms with Gasteiger partial charge < -0.3 is 25.6 Å². The molecule has 0 aliphatic heterocycles. The molecule has 10 nitrogen and oxygen atoms in total. The van der Waals surface area contributed by atoms with E-state index in [9.17, 15) is 19.7 Å². The van der Waals surface area contributed by atoms with E-state index in [4.69, 9.17) is 14.9 Å². The molecule has 0 aliphatic carbocycles. The number of carbonyl (C=O) groups excluding carboxylic acids is 1. The molecule has 1 aromatic rings. The first-order valence-electron chi connectivity index (χ1n) is 7.01. The number of rotatable bonds is 9. The van der Waals surface area contributed by atoms with Crippen molar-refractivity contribution >= 4 is 23.3 Å². The number of aliphatic carboxylic acids is 1. The van der Waals surface area contributed by atoms with Gasteiger partial charge in [-0.05, 0) is 13.0 Å². The average molecular weight is 341 g/mol. The Kier molecular flexibility index (Phi) is 7.08. The number of methoxy groups -OCH3 is 1. The van der Waals surface area contributed by atoms with Gasteiger partial charge in [-0.1, -0.05) is 0 Å². The van der Waals surface area contributed by atoms with Gasteiger partial charge in [0.1, 0.15) is 11.8 Å².